The van der Waals surface area contributed by atoms with Crippen molar-refractivity contribution < 1.29 is 0 Å². The van der Waals surface area contributed by atoms with Crippen LogP contribution in [0.5, 0.6) is 0 Å². The predicted molar refractivity (Wildman–Crippen MR) is 64.9 cm³/mol. The summed E-state index contributed by atoms with van der Waals surface area (Å²) in [6, 6.07) is 0. The standard InChI is InChI=1S/C11H16BrN3/c1-8-3-4-15(6-9(8)2)11-10(12)5-13-7-14-11/h5,7-9H,3-4,6H2,1-2H3. The maximum Gasteiger partial charge on any atom is 0.146 e. The Morgan fingerprint density at radius 1 is 1.40 bits per heavy atom. The minimum atomic E-state index is 0.737. The highest BCUT2D eigenvalue weighted by atomic mass is 79.9. The average molecular weight is 270 g/mol. The highest BCUT2D eigenvalue weighted by Gasteiger charge is 2.24. The summed E-state index contributed by atoms with van der Waals surface area (Å²) in [5, 5.41) is 0. The number of rotatable bonds is 1. The van der Waals surface area contributed by atoms with Gasteiger partial charge in [0.1, 0.15) is 12.1 Å². The van der Waals surface area contributed by atoms with Gasteiger partial charge in [-0.05, 0) is 34.2 Å². The number of halogens is 1. The third-order valence-electron chi connectivity index (χ3n) is 3.28. The molecule has 3 nitrogen and oxygen atoms in total. The minimum Gasteiger partial charge on any atom is -0.355 e. The zero-order valence-corrected chi connectivity index (χ0v) is 10.7. The van der Waals surface area contributed by atoms with Gasteiger partial charge in [0.25, 0.3) is 0 Å². The Labute approximate surface area is 99.0 Å². The zero-order chi connectivity index (χ0) is 10.8. The van der Waals surface area contributed by atoms with Gasteiger partial charge in [-0.1, -0.05) is 13.8 Å². The van der Waals surface area contributed by atoms with Crippen molar-refractivity contribution in [1.82, 2.24) is 9.97 Å². The summed E-state index contributed by atoms with van der Waals surface area (Å²) < 4.78 is 0.992. The first-order valence-corrected chi connectivity index (χ1v) is 6.18. The Hall–Kier alpha value is -0.640. The fraction of sp³-hybridized carbons (Fsp3) is 0.636. The lowest BCUT2D eigenvalue weighted by Crippen LogP contribution is -2.39. The summed E-state index contributed by atoms with van der Waals surface area (Å²) in [6.07, 6.45) is 4.67. The van der Waals surface area contributed by atoms with E-state index < -0.39 is 0 Å². The average Bonchev–Trinajstić information content (AvgIpc) is 2.23. The smallest absolute Gasteiger partial charge is 0.146 e. The summed E-state index contributed by atoms with van der Waals surface area (Å²) in [7, 11) is 0. The third kappa shape index (κ3) is 2.30. The summed E-state index contributed by atoms with van der Waals surface area (Å²) >= 11 is 3.50. The Morgan fingerprint density at radius 3 is 2.87 bits per heavy atom. The van der Waals surface area contributed by atoms with E-state index in [1.807, 2.05) is 6.20 Å². The second-order valence-corrected chi connectivity index (χ2v) is 5.24. The van der Waals surface area contributed by atoms with Crippen molar-refractivity contribution >= 4 is 21.7 Å². The number of aromatic nitrogens is 2. The van der Waals surface area contributed by atoms with E-state index in [0.29, 0.717) is 0 Å². The molecular formula is C11H16BrN3. The molecule has 0 spiro atoms. The van der Waals surface area contributed by atoms with Crippen LogP contribution in [-0.4, -0.2) is 23.1 Å². The fourth-order valence-electron chi connectivity index (χ4n) is 1.99. The van der Waals surface area contributed by atoms with Gasteiger partial charge in [0, 0.05) is 19.3 Å². The van der Waals surface area contributed by atoms with Crippen LogP contribution < -0.4 is 4.90 Å². The summed E-state index contributed by atoms with van der Waals surface area (Å²) in [6.45, 7) is 6.83. The predicted octanol–water partition coefficient (Wildman–Crippen LogP) is 2.72. The van der Waals surface area contributed by atoms with Crippen LogP contribution in [-0.2, 0) is 0 Å². The number of piperidine rings is 1. The molecule has 2 unspecified atom stereocenters. The van der Waals surface area contributed by atoms with Gasteiger partial charge in [0.2, 0.25) is 0 Å². The van der Waals surface area contributed by atoms with Crippen LogP contribution in [0, 0.1) is 11.8 Å². The molecule has 1 fully saturated rings. The lowest BCUT2D eigenvalue weighted by Gasteiger charge is -2.36. The molecule has 15 heavy (non-hydrogen) atoms. The molecule has 4 heteroatoms. The van der Waals surface area contributed by atoms with Crippen LogP contribution in [0.3, 0.4) is 0 Å². The van der Waals surface area contributed by atoms with Gasteiger partial charge in [-0.15, -0.1) is 0 Å². The van der Waals surface area contributed by atoms with E-state index in [9.17, 15) is 0 Å². The molecule has 0 amide bonds. The third-order valence-corrected chi connectivity index (χ3v) is 3.84. The molecule has 2 heterocycles. The van der Waals surface area contributed by atoms with Crippen molar-refractivity contribution in [3.8, 4) is 0 Å². The van der Waals surface area contributed by atoms with Crippen molar-refractivity contribution in [3.63, 3.8) is 0 Å². The van der Waals surface area contributed by atoms with E-state index in [2.05, 4.69) is 44.6 Å². The van der Waals surface area contributed by atoms with Crippen molar-refractivity contribution in [2.24, 2.45) is 11.8 Å². The second-order valence-electron chi connectivity index (χ2n) is 4.38. The summed E-state index contributed by atoms with van der Waals surface area (Å²) in [4.78, 5) is 10.7. The van der Waals surface area contributed by atoms with Gasteiger partial charge in [-0.3, -0.25) is 0 Å². The van der Waals surface area contributed by atoms with Gasteiger partial charge in [0.15, 0.2) is 0 Å². The molecule has 0 bridgehead atoms. The van der Waals surface area contributed by atoms with Gasteiger partial charge in [-0.25, -0.2) is 9.97 Å². The summed E-state index contributed by atoms with van der Waals surface area (Å²) in [5.41, 5.74) is 0. The Morgan fingerprint density at radius 2 is 2.20 bits per heavy atom. The highest BCUT2D eigenvalue weighted by molar-refractivity contribution is 9.10. The summed E-state index contributed by atoms with van der Waals surface area (Å²) in [5.74, 6) is 2.59. The van der Waals surface area contributed by atoms with Crippen molar-refractivity contribution in [2.45, 2.75) is 20.3 Å². The molecule has 1 saturated heterocycles. The van der Waals surface area contributed by atoms with E-state index in [1.54, 1.807) is 6.33 Å². The van der Waals surface area contributed by atoms with Crippen LogP contribution in [0.2, 0.25) is 0 Å². The molecule has 0 aliphatic carbocycles. The van der Waals surface area contributed by atoms with Crippen LogP contribution in [0.4, 0.5) is 5.82 Å². The first-order chi connectivity index (χ1) is 7.18. The maximum atomic E-state index is 4.33. The fourth-order valence-corrected chi connectivity index (χ4v) is 2.47. The molecule has 1 aliphatic rings. The molecule has 0 saturated carbocycles. The number of hydrogen-bond acceptors (Lipinski definition) is 3. The molecule has 1 aromatic rings. The molecule has 2 rings (SSSR count). The molecule has 1 aromatic heterocycles. The second kappa shape index (κ2) is 4.47. The largest absolute Gasteiger partial charge is 0.355 e. The Bertz CT molecular complexity index is 342. The lowest BCUT2D eigenvalue weighted by atomic mass is 9.89. The van der Waals surface area contributed by atoms with E-state index in [4.69, 9.17) is 0 Å². The molecule has 0 N–H and O–H groups in total. The van der Waals surface area contributed by atoms with E-state index in [0.717, 1.165) is 35.2 Å². The maximum absolute atomic E-state index is 4.33. The lowest BCUT2D eigenvalue weighted by molar-refractivity contribution is 0.322. The molecule has 1 aliphatic heterocycles. The first kappa shape index (κ1) is 10.9. The number of hydrogen-bond donors (Lipinski definition) is 0. The molecule has 2 atom stereocenters. The van der Waals surface area contributed by atoms with Gasteiger partial charge in [0.05, 0.1) is 4.47 Å². The zero-order valence-electron chi connectivity index (χ0n) is 9.15. The van der Waals surface area contributed by atoms with Crippen molar-refractivity contribution in [2.75, 3.05) is 18.0 Å². The van der Waals surface area contributed by atoms with Crippen LogP contribution in [0.1, 0.15) is 20.3 Å². The van der Waals surface area contributed by atoms with Crippen LogP contribution >= 0.6 is 15.9 Å². The highest BCUT2D eigenvalue weighted by Crippen LogP contribution is 2.29. The SMILES string of the molecule is CC1CCN(c2ncncc2Br)CC1C. The van der Waals surface area contributed by atoms with Crippen LogP contribution in [0.15, 0.2) is 17.0 Å². The van der Waals surface area contributed by atoms with Crippen molar-refractivity contribution in [3.05, 3.63) is 17.0 Å². The van der Waals surface area contributed by atoms with Gasteiger partial charge in [-0.2, -0.15) is 0 Å². The minimum absolute atomic E-state index is 0.737. The molecular weight excluding hydrogens is 254 g/mol. The van der Waals surface area contributed by atoms with E-state index >= 15 is 0 Å². The quantitative estimate of drug-likeness (QED) is 0.785. The van der Waals surface area contributed by atoms with Crippen molar-refractivity contribution in [1.29, 1.82) is 0 Å². The van der Waals surface area contributed by atoms with Gasteiger partial charge >= 0.3 is 0 Å². The molecule has 0 aromatic carbocycles. The van der Waals surface area contributed by atoms with E-state index in [-0.39, 0.29) is 0 Å². The normalized spacial score (nSPS) is 26.7. The molecule has 0 radical (unpaired) electrons. The van der Waals surface area contributed by atoms with Gasteiger partial charge < -0.3 is 4.90 Å². The Kier molecular flexibility index (Phi) is 3.24. The monoisotopic (exact) mass is 269 g/mol. The first-order valence-electron chi connectivity index (χ1n) is 5.39. The Balaban J connectivity index is 2.15. The van der Waals surface area contributed by atoms with Crippen LogP contribution in [0.25, 0.3) is 0 Å². The van der Waals surface area contributed by atoms with E-state index in [1.165, 1.54) is 6.42 Å². The number of nitrogens with zero attached hydrogens (tertiary/aromatic N) is 3. The topological polar surface area (TPSA) is 29.0 Å². The molecule has 82 valence electrons. The number of anilines is 1.